The van der Waals surface area contributed by atoms with Gasteiger partial charge in [-0.25, -0.2) is 13.1 Å². The maximum atomic E-state index is 10.9. The molecule has 0 aliphatic carbocycles. The van der Waals surface area contributed by atoms with E-state index < -0.39 is 22.8 Å². The average molecular weight is 229 g/mol. The quantitative estimate of drug-likeness (QED) is 0.619. The highest BCUT2D eigenvalue weighted by Gasteiger charge is 2.19. The summed E-state index contributed by atoms with van der Waals surface area (Å²) in [6.07, 6.45) is 0. The van der Waals surface area contributed by atoms with Gasteiger partial charge in [0.2, 0.25) is 10.9 Å². The van der Waals surface area contributed by atoms with Crippen molar-refractivity contribution in [1.29, 1.82) is 0 Å². The number of carboxylic acid groups (broad SMARTS) is 1. The van der Waals surface area contributed by atoms with Crippen LogP contribution in [-0.4, -0.2) is 26.0 Å². The van der Waals surface area contributed by atoms with Crippen LogP contribution >= 0.6 is 0 Å². The zero-order chi connectivity index (χ0) is 11.3. The van der Waals surface area contributed by atoms with E-state index in [9.17, 15) is 13.2 Å². The third-order valence-corrected chi connectivity index (χ3v) is 2.37. The third kappa shape index (κ3) is 3.69. The molecular weight excluding hydrogens is 218 g/mol. The van der Waals surface area contributed by atoms with Crippen molar-refractivity contribution in [2.75, 3.05) is 6.54 Å². The van der Waals surface area contributed by atoms with E-state index in [2.05, 4.69) is 4.72 Å². The van der Waals surface area contributed by atoms with Gasteiger partial charge in [-0.3, -0.25) is 4.79 Å². The Bertz CT molecular complexity index is 394. The molecule has 0 fully saturated rings. The van der Waals surface area contributed by atoms with E-state index in [0.29, 0.717) is 5.56 Å². The largest absolute Gasteiger partial charge is 0.481 e. The molecule has 0 unspecified atom stereocenters. The van der Waals surface area contributed by atoms with Crippen LogP contribution in [-0.2, 0) is 15.7 Å². The third-order valence-electron chi connectivity index (χ3n) is 1.92. The number of hydrogen-bond acceptors (Lipinski definition) is 3. The Morgan fingerprint density at radius 2 is 1.93 bits per heavy atom. The molecule has 0 aliphatic heterocycles. The Labute approximate surface area is 88.8 Å². The molecule has 5 nitrogen and oxygen atoms in total. The van der Waals surface area contributed by atoms with Crippen LogP contribution in [0, 0.1) is 0 Å². The van der Waals surface area contributed by atoms with Crippen molar-refractivity contribution in [2.24, 2.45) is 0 Å². The summed E-state index contributed by atoms with van der Waals surface area (Å²) in [6, 6.07) is 8.49. The first-order valence-electron chi connectivity index (χ1n) is 4.27. The zero-order valence-electron chi connectivity index (χ0n) is 7.79. The van der Waals surface area contributed by atoms with Gasteiger partial charge in [-0.2, -0.15) is 0 Å². The number of hydrogen-bond donors (Lipinski definition) is 3. The zero-order valence-corrected chi connectivity index (χ0v) is 8.68. The molecule has 0 spiro atoms. The standard InChI is InChI=1S/C9H11NO4S/c11-9(12)8(6-10-15(13)14)7-4-2-1-3-5-7/h1-5,8,15H,6H2,(H,11,12)(H,10,13,14)/t8-/m1/s1. The molecular formula is C9H11NO4S. The van der Waals surface area contributed by atoms with E-state index in [1.165, 1.54) is 0 Å². The lowest BCUT2D eigenvalue weighted by atomic mass is 10.00. The predicted octanol–water partition coefficient (Wildman–Crippen LogP) is -0.0292. The first-order chi connectivity index (χ1) is 7.11. The summed E-state index contributed by atoms with van der Waals surface area (Å²) in [5.41, 5.74) is 0.578. The van der Waals surface area contributed by atoms with Gasteiger partial charge in [0.05, 0.1) is 5.92 Å². The smallest absolute Gasteiger partial charge is 0.312 e. The summed E-state index contributed by atoms with van der Waals surface area (Å²) in [7, 11) is -2.76. The molecule has 0 radical (unpaired) electrons. The Hall–Kier alpha value is -1.40. The number of nitrogens with one attached hydrogen (secondary N) is 1. The van der Waals surface area contributed by atoms with Crippen molar-refractivity contribution in [1.82, 2.24) is 4.72 Å². The number of thiol groups is 1. The molecule has 0 saturated heterocycles. The lowest BCUT2D eigenvalue weighted by Crippen LogP contribution is -2.25. The van der Waals surface area contributed by atoms with Crippen LogP contribution in [0.15, 0.2) is 30.3 Å². The maximum absolute atomic E-state index is 10.9. The SMILES string of the molecule is O=C(O)[C@H](CN[SH](=O)=O)c1ccccc1. The normalized spacial score (nSPS) is 12.6. The molecule has 0 heterocycles. The second-order valence-corrected chi connectivity index (χ2v) is 3.75. The molecule has 1 aromatic carbocycles. The first-order valence-corrected chi connectivity index (χ1v) is 5.44. The molecule has 1 atom stereocenters. The Morgan fingerprint density at radius 3 is 2.40 bits per heavy atom. The van der Waals surface area contributed by atoms with Crippen LogP contribution in [0.25, 0.3) is 0 Å². The predicted molar refractivity (Wildman–Crippen MR) is 55.1 cm³/mol. The number of benzene rings is 1. The fourth-order valence-corrected chi connectivity index (χ4v) is 1.53. The van der Waals surface area contributed by atoms with E-state index in [0.717, 1.165) is 0 Å². The minimum atomic E-state index is -2.76. The Balaban J connectivity index is 2.79. The second-order valence-electron chi connectivity index (χ2n) is 2.92. The molecule has 82 valence electrons. The van der Waals surface area contributed by atoms with Gasteiger partial charge in [0.1, 0.15) is 0 Å². The first kappa shape index (κ1) is 11.7. The fraction of sp³-hybridized carbons (Fsp3) is 0.222. The van der Waals surface area contributed by atoms with Crippen LogP contribution in [0.3, 0.4) is 0 Å². The summed E-state index contributed by atoms with van der Waals surface area (Å²) in [5.74, 6) is -1.90. The van der Waals surface area contributed by atoms with E-state index >= 15 is 0 Å². The molecule has 0 aromatic heterocycles. The highest BCUT2D eigenvalue weighted by Crippen LogP contribution is 2.14. The number of aliphatic carboxylic acids is 1. The van der Waals surface area contributed by atoms with Crippen molar-refractivity contribution in [2.45, 2.75) is 5.92 Å². The summed E-state index contributed by atoms with van der Waals surface area (Å²) < 4.78 is 22.7. The van der Waals surface area contributed by atoms with E-state index in [-0.39, 0.29) is 6.54 Å². The second kappa shape index (κ2) is 5.47. The molecule has 1 aromatic rings. The molecule has 1 rings (SSSR count). The summed E-state index contributed by atoms with van der Waals surface area (Å²) in [6.45, 7) is -0.127. The van der Waals surface area contributed by atoms with Crippen LogP contribution in [0.2, 0.25) is 0 Å². The van der Waals surface area contributed by atoms with Gasteiger partial charge in [0, 0.05) is 6.54 Å². The lowest BCUT2D eigenvalue weighted by molar-refractivity contribution is -0.138. The molecule has 0 bridgehead atoms. The van der Waals surface area contributed by atoms with Crippen LogP contribution < -0.4 is 4.72 Å². The number of rotatable bonds is 5. The average Bonchev–Trinajstić information content (AvgIpc) is 2.18. The lowest BCUT2D eigenvalue weighted by Gasteiger charge is -2.10. The van der Waals surface area contributed by atoms with Crippen molar-refractivity contribution >= 4 is 16.9 Å². The topological polar surface area (TPSA) is 83.5 Å². The van der Waals surface area contributed by atoms with Crippen molar-refractivity contribution < 1.29 is 18.3 Å². The molecule has 0 amide bonds. The van der Waals surface area contributed by atoms with E-state index in [1.807, 2.05) is 0 Å². The van der Waals surface area contributed by atoms with Gasteiger partial charge in [0.15, 0.2) is 0 Å². The van der Waals surface area contributed by atoms with Gasteiger partial charge in [-0.15, -0.1) is 0 Å². The minimum absolute atomic E-state index is 0.127. The Morgan fingerprint density at radius 1 is 1.33 bits per heavy atom. The molecule has 15 heavy (non-hydrogen) atoms. The van der Waals surface area contributed by atoms with Crippen molar-refractivity contribution in [3.05, 3.63) is 35.9 Å². The van der Waals surface area contributed by atoms with Crippen LogP contribution in [0.5, 0.6) is 0 Å². The molecule has 0 saturated carbocycles. The fourth-order valence-electron chi connectivity index (χ4n) is 1.20. The highest BCUT2D eigenvalue weighted by molar-refractivity contribution is 7.70. The minimum Gasteiger partial charge on any atom is -0.481 e. The Kier molecular flexibility index (Phi) is 4.26. The summed E-state index contributed by atoms with van der Waals surface area (Å²) in [5, 5.41) is 8.90. The monoisotopic (exact) mass is 229 g/mol. The van der Waals surface area contributed by atoms with Crippen molar-refractivity contribution in [3.8, 4) is 0 Å². The van der Waals surface area contributed by atoms with E-state index in [1.54, 1.807) is 30.3 Å². The van der Waals surface area contributed by atoms with Crippen LogP contribution in [0.1, 0.15) is 11.5 Å². The van der Waals surface area contributed by atoms with Gasteiger partial charge < -0.3 is 5.11 Å². The van der Waals surface area contributed by atoms with Gasteiger partial charge in [-0.05, 0) is 5.56 Å². The molecule has 0 aliphatic rings. The number of carboxylic acids is 1. The van der Waals surface area contributed by atoms with E-state index in [4.69, 9.17) is 5.11 Å². The number of carbonyl (C=O) groups is 1. The maximum Gasteiger partial charge on any atom is 0.312 e. The summed E-state index contributed by atoms with van der Waals surface area (Å²) in [4.78, 5) is 10.9. The van der Waals surface area contributed by atoms with Gasteiger partial charge in [0.25, 0.3) is 0 Å². The van der Waals surface area contributed by atoms with Crippen molar-refractivity contribution in [3.63, 3.8) is 0 Å². The highest BCUT2D eigenvalue weighted by atomic mass is 32.2. The summed E-state index contributed by atoms with van der Waals surface area (Å²) >= 11 is 0. The molecule has 6 heteroatoms. The molecule has 2 N–H and O–H groups in total. The van der Waals surface area contributed by atoms with Crippen LogP contribution in [0.4, 0.5) is 0 Å². The van der Waals surface area contributed by atoms with Gasteiger partial charge in [-0.1, -0.05) is 30.3 Å². The van der Waals surface area contributed by atoms with Gasteiger partial charge >= 0.3 is 5.97 Å².